The van der Waals surface area contributed by atoms with Gasteiger partial charge < -0.3 is 10.0 Å². The zero-order valence-electron chi connectivity index (χ0n) is 13.7. The average Bonchev–Trinajstić information content (AvgIpc) is 2.73. The van der Waals surface area contributed by atoms with Gasteiger partial charge in [-0.15, -0.1) is 0 Å². The fourth-order valence-electron chi connectivity index (χ4n) is 2.98. The Morgan fingerprint density at radius 3 is 2.59 bits per heavy atom. The first-order valence-corrected chi connectivity index (χ1v) is 7.62. The zero-order chi connectivity index (χ0) is 16.4. The fourth-order valence-corrected chi connectivity index (χ4v) is 2.98. The molecule has 0 aliphatic carbocycles. The fraction of sp³-hybridized carbons (Fsp3) is 0.667. The molecule has 1 aliphatic heterocycles. The summed E-state index contributed by atoms with van der Waals surface area (Å²) in [5.41, 5.74) is 3.28. The van der Waals surface area contributed by atoms with Gasteiger partial charge >= 0.3 is 5.97 Å². The number of carboxylic acids is 1. The van der Waals surface area contributed by atoms with Crippen molar-refractivity contribution in [2.75, 3.05) is 19.6 Å². The van der Waals surface area contributed by atoms with Crippen LogP contribution in [0.4, 0.5) is 0 Å². The van der Waals surface area contributed by atoms with Gasteiger partial charge in [0.15, 0.2) is 0 Å². The van der Waals surface area contributed by atoms with Crippen molar-refractivity contribution >= 4 is 11.9 Å². The monoisotopic (exact) mass is 308 g/mol. The molecule has 1 aromatic rings. The van der Waals surface area contributed by atoms with Crippen LogP contribution in [0.5, 0.6) is 0 Å². The minimum atomic E-state index is -0.968. The number of carbonyl (C=O) groups is 2. The quantitative estimate of drug-likeness (QED) is 0.863. The van der Waals surface area contributed by atoms with E-state index in [0.29, 0.717) is 19.6 Å². The van der Waals surface area contributed by atoms with Crippen molar-refractivity contribution in [2.45, 2.75) is 46.8 Å². The molecule has 1 atom stereocenters. The third-order valence-corrected chi connectivity index (χ3v) is 4.39. The Morgan fingerprint density at radius 1 is 1.36 bits per heavy atom. The van der Waals surface area contributed by atoms with Crippen molar-refractivity contribution in [3.63, 3.8) is 0 Å². The normalized spacial score (nSPS) is 19.7. The van der Waals surface area contributed by atoms with Crippen molar-refractivity contribution < 1.29 is 14.7 Å². The van der Waals surface area contributed by atoms with Gasteiger partial charge in [-0.25, -0.2) is 0 Å². The predicted molar refractivity (Wildman–Crippen MR) is 81.5 cm³/mol. The Hall–Kier alpha value is -1.89. The number of amides is 1. The molecule has 2 heterocycles. The third kappa shape index (κ3) is 3.14. The van der Waals surface area contributed by atoms with Gasteiger partial charge in [-0.3, -0.25) is 19.2 Å². The summed E-state index contributed by atoms with van der Waals surface area (Å²) < 4.78 is 1.97. The predicted octanol–water partition coefficient (Wildman–Crippen LogP) is 0.637. The van der Waals surface area contributed by atoms with Gasteiger partial charge in [0.2, 0.25) is 5.91 Å². The molecule has 1 saturated heterocycles. The first-order chi connectivity index (χ1) is 10.3. The molecular weight excluding hydrogens is 284 g/mol. The van der Waals surface area contributed by atoms with Crippen LogP contribution in [0.3, 0.4) is 0 Å². The van der Waals surface area contributed by atoms with Crippen molar-refractivity contribution in [3.05, 3.63) is 17.0 Å². The highest BCUT2D eigenvalue weighted by atomic mass is 16.4. The van der Waals surface area contributed by atoms with Crippen LogP contribution in [0.25, 0.3) is 0 Å². The number of aliphatic carboxylic acids is 1. The lowest BCUT2D eigenvalue weighted by Gasteiger charge is -2.38. The molecule has 7 nitrogen and oxygen atoms in total. The first-order valence-electron chi connectivity index (χ1n) is 7.62. The molecule has 0 radical (unpaired) electrons. The number of hydrogen-bond donors (Lipinski definition) is 1. The minimum absolute atomic E-state index is 0.119. The highest BCUT2D eigenvalue weighted by Gasteiger charge is 2.33. The number of hydrogen-bond acceptors (Lipinski definition) is 4. The van der Waals surface area contributed by atoms with Gasteiger partial charge in [0, 0.05) is 37.4 Å². The summed E-state index contributed by atoms with van der Waals surface area (Å²) in [4.78, 5) is 26.6. The molecule has 122 valence electrons. The number of piperazine rings is 1. The molecule has 1 aliphatic rings. The van der Waals surface area contributed by atoms with Crippen LogP contribution in [-0.2, 0) is 22.7 Å². The van der Waals surface area contributed by atoms with Crippen molar-refractivity contribution in [1.82, 2.24) is 19.6 Å². The first kappa shape index (κ1) is 16.5. The summed E-state index contributed by atoms with van der Waals surface area (Å²) in [6.07, 6.45) is 0. The molecular formula is C15H24N4O3. The topological polar surface area (TPSA) is 78.7 Å². The molecule has 1 N–H and O–H groups in total. The summed E-state index contributed by atoms with van der Waals surface area (Å²) in [6.45, 7) is 10.3. The lowest BCUT2D eigenvalue weighted by Crippen LogP contribution is -2.56. The Bertz CT molecular complexity index is 582. The van der Waals surface area contributed by atoms with Gasteiger partial charge in [0.05, 0.1) is 11.7 Å². The molecule has 0 spiro atoms. The van der Waals surface area contributed by atoms with Crippen LogP contribution in [0, 0.1) is 13.8 Å². The maximum Gasteiger partial charge on any atom is 0.323 e. The van der Waals surface area contributed by atoms with Crippen molar-refractivity contribution in [3.8, 4) is 0 Å². The van der Waals surface area contributed by atoms with Gasteiger partial charge in [0.25, 0.3) is 0 Å². The second kappa shape index (κ2) is 6.48. The van der Waals surface area contributed by atoms with Crippen molar-refractivity contribution in [2.24, 2.45) is 0 Å². The van der Waals surface area contributed by atoms with Crippen LogP contribution < -0.4 is 0 Å². The van der Waals surface area contributed by atoms with Crippen LogP contribution in [0.2, 0.25) is 0 Å². The summed E-state index contributed by atoms with van der Waals surface area (Å²) in [7, 11) is 0. The average molecular weight is 308 g/mol. The van der Waals surface area contributed by atoms with E-state index in [1.807, 2.05) is 25.5 Å². The van der Waals surface area contributed by atoms with Gasteiger partial charge in [-0.2, -0.15) is 5.10 Å². The lowest BCUT2D eigenvalue weighted by molar-refractivity contribution is -0.150. The second-order valence-electron chi connectivity index (χ2n) is 5.77. The SMILES string of the molecule is CCn1nc(C)c(CN2CCN(CC(=O)O)C(=O)[C@H]2C)c1C. The Labute approximate surface area is 130 Å². The maximum atomic E-state index is 12.3. The lowest BCUT2D eigenvalue weighted by atomic mass is 10.1. The Kier molecular flexibility index (Phi) is 4.85. The number of aromatic nitrogens is 2. The molecule has 22 heavy (non-hydrogen) atoms. The third-order valence-electron chi connectivity index (χ3n) is 4.39. The maximum absolute atomic E-state index is 12.3. The van der Waals surface area contributed by atoms with E-state index >= 15 is 0 Å². The van der Waals surface area contributed by atoms with E-state index < -0.39 is 5.97 Å². The van der Waals surface area contributed by atoms with E-state index in [1.165, 1.54) is 4.90 Å². The largest absolute Gasteiger partial charge is 0.480 e. The number of carboxylic acid groups (broad SMARTS) is 1. The minimum Gasteiger partial charge on any atom is -0.480 e. The number of carbonyl (C=O) groups excluding carboxylic acids is 1. The zero-order valence-corrected chi connectivity index (χ0v) is 13.7. The molecule has 0 bridgehead atoms. The standard InChI is InChI=1S/C15H24N4O3/c1-5-19-11(3)13(10(2)16-19)8-17-6-7-18(9-14(20)21)15(22)12(17)4/h12H,5-9H2,1-4H3,(H,20,21)/t12-/m1/s1. The summed E-state index contributed by atoms with van der Waals surface area (Å²) in [6, 6.07) is -0.308. The molecule has 0 saturated carbocycles. The Morgan fingerprint density at radius 2 is 2.05 bits per heavy atom. The molecule has 0 aromatic carbocycles. The summed E-state index contributed by atoms with van der Waals surface area (Å²) >= 11 is 0. The van der Waals surface area contributed by atoms with E-state index in [2.05, 4.69) is 16.9 Å². The molecule has 1 amide bonds. The van der Waals surface area contributed by atoms with Crippen LogP contribution in [-0.4, -0.2) is 62.2 Å². The summed E-state index contributed by atoms with van der Waals surface area (Å²) in [5.74, 6) is -1.09. The smallest absolute Gasteiger partial charge is 0.323 e. The molecule has 2 rings (SSSR count). The molecule has 0 unspecified atom stereocenters. The number of nitrogens with zero attached hydrogens (tertiary/aromatic N) is 4. The Balaban J connectivity index is 2.11. The van der Waals surface area contributed by atoms with Crippen LogP contribution in [0.15, 0.2) is 0 Å². The highest BCUT2D eigenvalue weighted by Crippen LogP contribution is 2.20. The van der Waals surface area contributed by atoms with Crippen LogP contribution in [0.1, 0.15) is 30.8 Å². The van der Waals surface area contributed by atoms with E-state index in [0.717, 1.165) is 23.5 Å². The van der Waals surface area contributed by atoms with E-state index in [4.69, 9.17) is 5.11 Å². The molecule has 7 heteroatoms. The number of aryl methyl sites for hydroxylation is 2. The van der Waals surface area contributed by atoms with Gasteiger partial charge in [0.1, 0.15) is 6.54 Å². The molecule has 1 aromatic heterocycles. The van der Waals surface area contributed by atoms with Crippen LogP contribution >= 0.6 is 0 Å². The number of rotatable bonds is 5. The van der Waals surface area contributed by atoms with E-state index in [9.17, 15) is 9.59 Å². The highest BCUT2D eigenvalue weighted by molar-refractivity contribution is 5.85. The second-order valence-corrected chi connectivity index (χ2v) is 5.77. The van der Waals surface area contributed by atoms with Gasteiger partial charge in [-0.1, -0.05) is 0 Å². The van der Waals surface area contributed by atoms with E-state index in [1.54, 1.807) is 0 Å². The summed E-state index contributed by atoms with van der Waals surface area (Å²) in [5, 5.41) is 13.4. The van der Waals surface area contributed by atoms with Crippen molar-refractivity contribution in [1.29, 1.82) is 0 Å². The molecule has 1 fully saturated rings. The van der Waals surface area contributed by atoms with E-state index in [-0.39, 0.29) is 18.5 Å². The van der Waals surface area contributed by atoms with Gasteiger partial charge in [-0.05, 0) is 27.7 Å².